The summed E-state index contributed by atoms with van der Waals surface area (Å²) in [6.45, 7) is 7.73. The third-order valence-corrected chi connectivity index (χ3v) is 4.44. The fraction of sp³-hybridized carbons (Fsp3) is 0.389. The van der Waals surface area contributed by atoms with Crippen LogP contribution in [0.15, 0.2) is 46.1 Å². The maximum absolute atomic E-state index is 10.6. The summed E-state index contributed by atoms with van der Waals surface area (Å²) in [6, 6.07) is 10.2. The Labute approximate surface area is 165 Å². The lowest BCUT2D eigenvalue weighted by Gasteiger charge is -2.24. The van der Waals surface area contributed by atoms with Crippen LogP contribution >= 0.6 is 35.3 Å². The molecule has 24 heavy (non-hydrogen) atoms. The van der Waals surface area contributed by atoms with Crippen molar-refractivity contribution in [1.82, 2.24) is 10.6 Å². The minimum Gasteiger partial charge on any atom is -0.384 e. The lowest BCUT2D eigenvalue weighted by Crippen LogP contribution is -2.44. The van der Waals surface area contributed by atoms with E-state index in [1.807, 2.05) is 42.8 Å². The molecule has 0 aliphatic rings. The van der Waals surface area contributed by atoms with Crippen LogP contribution in [-0.2, 0) is 12.1 Å². The molecule has 0 aliphatic carbocycles. The fourth-order valence-corrected chi connectivity index (χ4v) is 3.01. The molecule has 0 radical (unpaired) electrons. The van der Waals surface area contributed by atoms with Crippen LogP contribution in [0.25, 0.3) is 0 Å². The van der Waals surface area contributed by atoms with Gasteiger partial charge in [-0.1, -0.05) is 24.3 Å². The van der Waals surface area contributed by atoms with Gasteiger partial charge >= 0.3 is 0 Å². The number of hydrogen-bond donors (Lipinski definition) is 3. The predicted octanol–water partition coefficient (Wildman–Crippen LogP) is 3.64. The van der Waals surface area contributed by atoms with Gasteiger partial charge in [0.15, 0.2) is 5.96 Å². The number of hydrogen-bond acceptors (Lipinski definition) is 3. The van der Waals surface area contributed by atoms with Gasteiger partial charge in [-0.05, 0) is 54.3 Å². The Morgan fingerprint density at radius 1 is 1.25 bits per heavy atom. The molecule has 132 valence electrons. The molecule has 0 bridgehead atoms. The number of benzene rings is 1. The number of halogens is 1. The predicted molar refractivity (Wildman–Crippen MR) is 113 cm³/mol. The highest BCUT2D eigenvalue weighted by Gasteiger charge is 2.23. The van der Waals surface area contributed by atoms with Crippen molar-refractivity contribution in [2.75, 3.05) is 13.1 Å². The molecule has 1 heterocycles. The number of guanidine groups is 1. The number of aliphatic hydroxyl groups is 1. The summed E-state index contributed by atoms with van der Waals surface area (Å²) >= 11 is 1.59. The van der Waals surface area contributed by atoms with E-state index < -0.39 is 5.60 Å². The Hall–Kier alpha value is -1.12. The molecular formula is C18H26IN3OS. The van der Waals surface area contributed by atoms with E-state index in [-0.39, 0.29) is 24.0 Å². The first kappa shape index (κ1) is 20.9. The van der Waals surface area contributed by atoms with Crippen LogP contribution in [0, 0.1) is 6.92 Å². The van der Waals surface area contributed by atoms with Crippen molar-refractivity contribution in [2.45, 2.75) is 32.9 Å². The zero-order valence-corrected chi connectivity index (χ0v) is 17.5. The van der Waals surface area contributed by atoms with E-state index in [9.17, 15) is 5.11 Å². The Morgan fingerprint density at radius 2 is 2.00 bits per heavy atom. The largest absolute Gasteiger partial charge is 0.384 e. The van der Waals surface area contributed by atoms with Gasteiger partial charge in [-0.3, -0.25) is 0 Å². The minimum absolute atomic E-state index is 0. The van der Waals surface area contributed by atoms with Crippen LogP contribution in [0.4, 0.5) is 0 Å². The molecule has 0 amide bonds. The second-order valence-electron chi connectivity index (χ2n) is 5.76. The highest BCUT2D eigenvalue weighted by atomic mass is 127. The summed E-state index contributed by atoms with van der Waals surface area (Å²) in [7, 11) is 0. The van der Waals surface area contributed by atoms with Crippen molar-refractivity contribution < 1.29 is 5.11 Å². The zero-order valence-electron chi connectivity index (χ0n) is 14.4. The van der Waals surface area contributed by atoms with Gasteiger partial charge in [0.25, 0.3) is 0 Å². The second kappa shape index (κ2) is 10.0. The molecule has 0 saturated heterocycles. The minimum atomic E-state index is -0.918. The molecule has 1 aromatic carbocycles. The van der Waals surface area contributed by atoms with Crippen molar-refractivity contribution in [2.24, 2.45) is 4.99 Å². The Balaban J connectivity index is 0.00000288. The molecule has 1 unspecified atom stereocenters. The summed E-state index contributed by atoms with van der Waals surface area (Å²) < 4.78 is 0. The number of rotatable bonds is 6. The smallest absolute Gasteiger partial charge is 0.191 e. The summed E-state index contributed by atoms with van der Waals surface area (Å²) in [5.74, 6) is 0.714. The normalized spacial score (nSPS) is 13.8. The number of nitrogens with one attached hydrogen (secondary N) is 2. The van der Waals surface area contributed by atoms with Crippen molar-refractivity contribution >= 4 is 41.3 Å². The van der Waals surface area contributed by atoms with Gasteiger partial charge < -0.3 is 15.7 Å². The van der Waals surface area contributed by atoms with Crippen LogP contribution < -0.4 is 10.6 Å². The molecule has 6 heteroatoms. The van der Waals surface area contributed by atoms with E-state index >= 15 is 0 Å². The van der Waals surface area contributed by atoms with Gasteiger partial charge in [-0.15, -0.1) is 24.0 Å². The van der Waals surface area contributed by atoms with Gasteiger partial charge in [0, 0.05) is 6.54 Å². The van der Waals surface area contributed by atoms with Crippen LogP contribution in [-0.4, -0.2) is 24.2 Å². The number of aryl methyl sites for hydroxylation is 1. The third kappa shape index (κ3) is 6.07. The third-order valence-electron chi connectivity index (χ3n) is 3.76. The van der Waals surface area contributed by atoms with Gasteiger partial charge in [-0.2, -0.15) is 11.3 Å². The Kier molecular flexibility index (Phi) is 8.72. The molecule has 3 N–H and O–H groups in total. The molecule has 1 aromatic heterocycles. The molecule has 0 saturated carbocycles. The maximum atomic E-state index is 10.6. The summed E-state index contributed by atoms with van der Waals surface area (Å²) in [5.41, 5.74) is 2.44. The van der Waals surface area contributed by atoms with Crippen LogP contribution in [0.2, 0.25) is 0 Å². The van der Waals surface area contributed by atoms with Crippen molar-refractivity contribution in [3.63, 3.8) is 0 Å². The van der Waals surface area contributed by atoms with Gasteiger partial charge in [-0.25, -0.2) is 4.99 Å². The first-order valence-electron chi connectivity index (χ1n) is 7.84. The number of thiophene rings is 1. The van der Waals surface area contributed by atoms with E-state index in [0.717, 1.165) is 12.1 Å². The monoisotopic (exact) mass is 459 g/mol. The highest BCUT2D eigenvalue weighted by Crippen LogP contribution is 2.21. The average molecular weight is 459 g/mol. The second-order valence-corrected chi connectivity index (χ2v) is 6.54. The molecule has 4 nitrogen and oxygen atoms in total. The zero-order chi connectivity index (χ0) is 16.7. The van der Waals surface area contributed by atoms with Gasteiger partial charge in [0.1, 0.15) is 5.60 Å². The first-order chi connectivity index (χ1) is 11.0. The van der Waals surface area contributed by atoms with E-state index in [0.29, 0.717) is 19.0 Å². The number of aliphatic imine (C=N–C) groups is 1. The van der Waals surface area contributed by atoms with Crippen LogP contribution in [0.5, 0.6) is 0 Å². The van der Waals surface area contributed by atoms with E-state index in [4.69, 9.17) is 0 Å². The SMILES string of the molecule is CCNC(=NCc1ccccc1C)NCC(C)(O)c1ccsc1.I. The number of nitrogens with zero attached hydrogens (tertiary/aromatic N) is 1. The van der Waals surface area contributed by atoms with E-state index in [1.165, 1.54) is 11.1 Å². The van der Waals surface area contributed by atoms with Gasteiger partial charge in [0.05, 0.1) is 13.1 Å². The highest BCUT2D eigenvalue weighted by molar-refractivity contribution is 14.0. The standard InChI is InChI=1S/C18H25N3OS.HI/c1-4-19-17(20-11-15-8-6-5-7-14(15)2)21-13-18(3,22)16-9-10-23-12-16;/h5-10,12,22H,4,11,13H2,1-3H3,(H2,19,20,21);1H. The molecule has 2 rings (SSSR count). The first-order valence-corrected chi connectivity index (χ1v) is 8.79. The van der Waals surface area contributed by atoms with E-state index in [1.54, 1.807) is 11.3 Å². The van der Waals surface area contributed by atoms with Crippen LogP contribution in [0.1, 0.15) is 30.5 Å². The lowest BCUT2D eigenvalue weighted by molar-refractivity contribution is 0.0621. The molecular weight excluding hydrogens is 433 g/mol. The molecule has 0 spiro atoms. The molecule has 2 aromatic rings. The topological polar surface area (TPSA) is 56.7 Å². The summed E-state index contributed by atoms with van der Waals surface area (Å²) in [5, 5.41) is 21.0. The van der Waals surface area contributed by atoms with Crippen molar-refractivity contribution in [3.05, 3.63) is 57.8 Å². The average Bonchev–Trinajstić information content (AvgIpc) is 3.07. The summed E-state index contributed by atoms with van der Waals surface area (Å²) in [4.78, 5) is 4.61. The molecule has 1 atom stereocenters. The van der Waals surface area contributed by atoms with Crippen molar-refractivity contribution in [3.8, 4) is 0 Å². The van der Waals surface area contributed by atoms with Crippen molar-refractivity contribution in [1.29, 1.82) is 0 Å². The van der Waals surface area contributed by atoms with E-state index in [2.05, 4.69) is 34.7 Å². The molecule has 0 fully saturated rings. The fourth-order valence-electron chi connectivity index (χ4n) is 2.22. The maximum Gasteiger partial charge on any atom is 0.191 e. The quantitative estimate of drug-likeness (QED) is 0.351. The van der Waals surface area contributed by atoms with Gasteiger partial charge in [0.2, 0.25) is 0 Å². The summed E-state index contributed by atoms with van der Waals surface area (Å²) in [6.07, 6.45) is 0. The Bertz CT molecular complexity index is 641. The van der Waals surface area contributed by atoms with Crippen LogP contribution in [0.3, 0.4) is 0 Å². The lowest BCUT2D eigenvalue weighted by atomic mass is 9.99. The molecule has 0 aliphatic heterocycles. The Morgan fingerprint density at radius 3 is 2.62 bits per heavy atom.